The van der Waals surface area contributed by atoms with Crippen molar-refractivity contribution in [2.24, 2.45) is 0 Å². The van der Waals surface area contributed by atoms with E-state index in [0.29, 0.717) is 11.3 Å². The minimum Gasteiger partial charge on any atom is -0.493 e. The molecule has 3 rings (SSSR count). The fourth-order valence-electron chi connectivity index (χ4n) is 2.15. The number of allylic oxidation sites excluding steroid dienone is 1. The van der Waals surface area contributed by atoms with E-state index in [1.54, 1.807) is 37.5 Å². The first-order valence-corrected chi connectivity index (χ1v) is 6.72. The summed E-state index contributed by atoms with van der Waals surface area (Å²) in [5.41, 5.74) is 1.28. The van der Waals surface area contributed by atoms with Crippen molar-refractivity contribution in [2.75, 3.05) is 7.11 Å². The number of fused-ring (bicyclic) bond motifs is 1. The van der Waals surface area contributed by atoms with E-state index in [9.17, 15) is 9.18 Å². The summed E-state index contributed by atoms with van der Waals surface area (Å²) in [4.78, 5) is 12.2. The number of ether oxygens (including phenoxy) is 1. The molecule has 4 heteroatoms. The van der Waals surface area contributed by atoms with E-state index in [-0.39, 0.29) is 17.4 Å². The lowest BCUT2D eigenvalue weighted by atomic mass is 10.1. The molecule has 0 radical (unpaired) electrons. The molecule has 1 heterocycles. The van der Waals surface area contributed by atoms with Crippen LogP contribution in [-0.4, -0.2) is 12.9 Å². The van der Waals surface area contributed by atoms with E-state index in [4.69, 9.17) is 9.15 Å². The summed E-state index contributed by atoms with van der Waals surface area (Å²) < 4.78 is 23.6. The first-order valence-electron chi connectivity index (χ1n) is 6.72. The molecular weight excluding hydrogens is 283 g/mol. The molecule has 0 aliphatic rings. The van der Waals surface area contributed by atoms with Crippen LogP contribution in [-0.2, 0) is 0 Å². The van der Waals surface area contributed by atoms with Crippen LogP contribution < -0.4 is 4.74 Å². The average Bonchev–Trinajstić information content (AvgIpc) is 2.98. The van der Waals surface area contributed by atoms with Gasteiger partial charge in [-0.25, -0.2) is 4.39 Å². The number of hydrogen-bond acceptors (Lipinski definition) is 3. The van der Waals surface area contributed by atoms with Crippen LogP contribution in [0.5, 0.6) is 5.75 Å². The van der Waals surface area contributed by atoms with Crippen LogP contribution in [0.4, 0.5) is 4.39 Å². The van der Waals surface area contributed by atoms with Crippen molar-refractivity contribution in [2.45, 2.75) is 0 Å². The molecule has 0 spiro atoms. The van der Waals surface area contributed by atoms with Crippen molar-refractivity contribution in [3.05, 3.63) is 71.7 Å². The van der Waals surface area contributed by atoms with Crippen molar-refractivity contribution in [1.82, 2.24) is 0 Å². The Balaban J connectivity index is 1.87. The second-order valence-electron chi connectivity index (χ2n) is 4.74. The number of rotatable bonds is 4. The van der Waals surface area contributed by atoms with Gasteiger partial charge in [0.1, 0.15) is 5.82 Å². The van der Waals surface area contributed by atoms with Gasteiger partial charge in [0.05, 0.1) is 7.11 Å². The van der Waals surface area contributed by atoms with Gasteiger partial charge in [-0.3, -0.25) is 4.79 Å². The summed E-state index contributed by atoms with van der Waals surface area (Å²) in [6, 6.07) is 13.0. The van der Waals surface area contributed by atoms with Crippen molar-refractivity contribution in [1.29, 1.82) is 0 Å². The van der Waals surface area contributed by atoms with E-state index >= 15 is 0 Å². The summed E-state index contributed by atoms with van der Waals surface area (Å²) in [7, 11) is 1.55. The minimum atomic E-state index is -0.312. The zero-order valence-electron chi connectivity index (χ0n) is 11.9. The Morgan fingerprint density at radius 2 is 1.95 bits per heavy atom. The Labute approximate surface area is 126 Å². The third-order valence-corrected chi connectivity index (χ3v) is 3.27. The highest BCUT2D eigenvalue weighted by Crippen LogP contribution is 2.28. The molecule has 1 aromatic heterocycles. The lowest BCUT2D eigenvalue weighted by molar-refractivity contribution is 0.102. The van der Waals surface area contributed by atoms with Crippen LogP contribution >= 0.6 is 0 Å². The summed E-state index contributed by atoms with van der Waals surface area (Å²) in [6.07, 6.45) is 3.02. The van der Waals surface area contributed by atoms with Gasteiger partial charge in [-0.1, -0.05) is 30.3 Å². The Bertz CT molecular complexity index is 844. The number of carbonyl (C=O) groups is 1. The summed E-state index contributed by atoms with van der Waals surface area (Å²) in [5, 5.41) is 0.804. The van der Waals surface area contributed by atoms with Gasteiger partial charge in [0.2, 0.25) is 5.78 Å². The Morgan fingerprint density at radius 3 is 2.68 bits per heavy atom. The van der Waals surface area contributed by atoms with Gasteiger partial charge in [-0.05, 0) is 35.9 Å². The molecule has 0 N–H and O–H groups in total. The second-order valence-corrected chi connectivity index (χ2v) is 4.74. The highest BCUT2D eigenvalue weighted by atomic mass is 19.1. The fraction of sp³-hybridized carbons (Fsp3) is 0.0556. The summed E-state index contributed by atoms with van der Waals surface area (Å²) >= 11 is 0. The number of benzene rings is 2. The molecule has 0 saturated heterocycles. The van der Waals surface area contributed by atoms with Gasteiger partial charge >= 0.3 is 0 Å². The topological polar surface area (TPSA) is 39.4 Å². The molecule has 0 atom stereocenters. The van der Waals surface area contributed by atoms with Crippen LogP contribution in [0.2, 0.25) is 0 Å². The summed E-state index contributed by atoms with van der Waals surface area (Å²) in [6.45, 7) is 0. The number of hydrogen-bond donors (Lipinski definition) is 0. The maximum Gasteiger partial charge on any atom is 0.221 e. The smallest absolute Gasteiger partial charge is 0.221 e. The van der Waals surface area contributed by atoms with Crippen LogP contribution in [0.25, 0.3) is 17.0 Å². The van der Waals surface area contributed by atoms with Gasteiger partial charge in [0.15, 0.2) is 17.1 Å². The molecule has 0 amide bonds. The predicted molar refractivity (Wildman–Crippen MR) is 82.5 cm³/mol. The first kappa shape index (κ1) is 14.1. The third kappa shape index (κ3) is 2.76. The Morgan fingerprint density at radius 1 is 1.18 bits per heavy atom. The largest absolute Gasteiger partial charge is 0.493 e. The Kier molecular flexibility index (Phi) is 3.74. The van der Waals surface area contributed by atoms with Crippen LogP contribution in [0.15, 0.2) is 59.0 Å². The zero-order valence-corrected chi connectivity index (χ0v) is 11.9. The molecule has 110 valence electrons. The van der Waals surface area contributed by atoms with Gasteiger partial charge in [0.25, 0.3) is 0 Å². The van der Waals surface area contributed by atoms with Crippen molar-refractivity contribution in [3.63, 3.8) is 0 Å². The molecule has 22 heavy (non-hydrogen) atoms. The van der Waals surface area contributed by atoms with Crippen molar-refractivity contribution < 1.29 is 18.3 Å². The second kappa shape index (κ2) is 5.85. The number of para-hydroxylation sites is 1. The monoisotopic (exact) mass is 296 g/mol. The molecule has 0 saturated carbocycles. The third-order valence-electron chi connectivity index (χ3n) is 3.27. The number of carbonyl (C=O) groups excluding carboxylic acids is 1. The van der Waals surface area contributed by atoms with Crippen molar-refractivity contribution >= 4 is 22.8 Å². The van der Waals surface area contributed by atoms with E-state index in [1.807, 2.05) is 12.1 Å². The van der Waals surface area contributed by atoms with Crippen LogP contribution in [0, 0.1) is 5.82 Å². The molecule has 3 nitrogen and oxygen atoms in total. The van der Waals surface area contributed by atoms with Crippen molar-refractivity contribution in [3.8, 4) is 5.75 Å². The van der Waals surface area contributed by atoms with Gasteiger partial charge < -0.3 is 9.15 Å². The number of methoxy groups -OCH3 is 1. The first-order chi connectivity index (χ1) is 10.7. The lowest BCUT2D eigenvalue weighted by Gasteiger charge is -1.98. The number of halogens is 1. The molecule has 0 fully saturated rings. The highest BCUT2D eigenvalue weighted by molar-refractivity contribution is 6.07. The fourth-order valence-corrected chi connectivity index (χ4v) is 2.15. The molecule has 0 aliphatic heterocycles. The van der Waals surface area contributed by atoms with Gasteiger partial charge in [0, 0.05) is 5.39 Å². The maximum absolute atomic E-state index is 12.8. The SMILES string of the molecule is COc1cccc2cc(C(=O)/C=C/c3ccc(F)cc3)oc12. The Hall–Kier alpha value is -2.88. The van der Waals surface area contributed by atoms with Crippen LogP contribution in [0.3, 0.4) is 0 Å². The molecule has 0 unspecified atom stereocenters. The van der Waals surface area contributed by atoms with E-state index in [1.165, 1.54) is 18.2 Å². The minimum absolute atomic E-state index is 0.234. The highest BCUT2D eigenvalue weighted by Gasteiger charge is 2.12. The van der Waals surface area contributed by atoms with Crippen LogP contribution in [0.1, 0.15) is 16.1 Å². The predicted octanol–water partition coefficient (Wildman–Crippen LogP) is 4.48. The number of furan rings is 1. The van der Waals surface area contributed by atoms with Gasteiger partial charge in [-0.2, -0.15) is 0 Å². The molecule has 0 bridgehead atoms. The number of ketones is 1. The van der Waals surface area contributed by atoms with E-state index in [2.05, 4.69) is 0 Å². The quantitative estimate of drug-likeness (QED) is 0.526. The average molecular weight is 296 g/mol. The molecule has 2 aromatic carbocycles. The molecular formula is C18H13FO3. The molecule has 0 aliphatic carbocycles. The normalized spacial score (nSPS) is 11.2. The van der Waals surface area contributed by atoms with Gasteiger partial charge in [-0.15, -0.1) is 0 Å². The molecule has 3 aromatic rings. The van der Waals surface area contributed by atoms with E-state index < -0.39 is 0 Å². The van der Waals surface area contributed by atoms with E-state index in [0.717, 1.165) is 10.9 Å². The zero-order chi connectivity index (χ0) is 15.5. The standard InChI is InChI=1S/C18H13FO3/c1-21-16-4-2-3-13-11-17(22-18(13)16)15(20)10-7-12-5-8-14(19)9-6-12/h2-11H,1H3/b10-7+. The maximum atomic E-state index is 12.8. The lowest BCUT2D eigenvalue weighted by Crippen LogP contribution is -1.90. The summed E-state index contributed by atoms with van der Waals surface area (Å²) in [5.74, 6) is 0.243.